The molecule has 6 nitrogen and oxygen atoms in total. The third-order valence-corrected chi connectivity index (χ3v) is 5.50. The van der Waals surface area contributed by atoms with Crippen molar-refractivity contribution in [2.45, 2.75) is 51.0 Å². The minimum absolute atomic E-state index is 0.239. The van der Waals surface area contributed by atoms with E-state index in [1.807, 2.05) is 6.20 Å². The molecule has 24 heavy (non-hydrogen) atoms. The molecule has 1 aromatic rings. The Morgan fingerprint density at radius 3 is 2.79 bits per heavy atom. The third-order valence-electron chi connectivity index (χ3n) is 5.50. The first-order valence-corrected chi connectivity index (χ1v) is 9.27. The Hall–Kier alpha value is -1.69. The molecule has 1 saturated heterocycles. The molecule has 1 atom stereocenters. The number of morpholine rings is 1. The van der Waals surface area contributed by atoms with E-state index in [9.17, 15) is 4.79 Å². The van der Waals surface area contributed by atoms with Crippen LogP contribution in [0.3, 0.4) is 0 Å². The first-order valence-electron chi connectivity index (χ1n) is 9.27. The maximum Gasteiger partial charge on any atom is 0.225 e. The van der Waals surface area contributed by atoms with Crippen LogP contribution in [0.2, 0.25) is 0 Å². The lowest BCUT2D eigenvalue weighted by Gasteiger charge is -2.29. The zero-order chi connectivity index (χ0) is 16.4. The zero-order valence-electron chi connectivity index (χ0n) is 14.2. The van der Waals surface area contributed by atoms with E-state index in [1.165, 1.54) is 18.4 Å². The van der Waals surface area contributed by atoms with Gasteiger partial charge >= 0.3 is 0 Å². The van der Waals surface area contributed by atoms with E-state index in [4.69, 9.17) is 9.72 Å². The first kappa shape index (κ1) is 15.8. The van der Waals surface area contributed by atoms with Gasteiger partial charge in [-0.2, -0.15) is 0 Å². The highest BCUT2D eigenvalue weighted by Crippen LogP contribution is 2.26. The molecule has 4 rings (SSSR count). The summed E-state index contributed by atoms with van der Waals surface area (Å²) in [5.74, 6) is 1.32. The zero-order valence-corrected chi connectivity index (χ0v) is 14.2. The van der Waals surface area contributed by atoms with Crippen LogP contribution < -0.4 is 10.2 Å². The second-order valence-electron chi connectivity index (χ2n) is 7.17. The summed E-state index contributed by atoms with van der Waals surface area (Å²) in [6.07, 6.45) is 9.23. The van der Waals surface area contributed by atoms with E-state index in [1.54, 1.807) is 0 Å². The summed E-state index contributed by atoms with van der Waals surface area (Å²) in [7, 11) is 0. The van der Waals surface area contributed by atoms with E-state index in [0.717, 1.165) is 70.0 Å². The molecule has 3 aliphatic rings. The Balaban J connectivity index is 1.39. The van der Waals surface area contributed by atoms with Crippen LogP contribution in [0.4, 0.5) is 5.95 Å². The number of nitrogens with one attached hydrogen (secondary N) is 1. The average molecular weight is 330 g/mol. The van der Waals surface area contributed by atoms with Crippen molar-refractivity contribution in [1.82, 2.24) is 15.3 Å². The van der Waals surface area contributed by atoms with Crippen LogP contribution in [-0.4, -0.2) is 48.2 Å². The SMILES string of the molecule is O=C(N[C@H]1CCc2nc(N3CCOCC3)ncc2C1)C1CCCC1. The fourth-order valence-electron chi connectivity index (χ4n) is 4.04. The first-order chi connectivity index (χ1) is 11.8. The number of ether oxygens (including phenoxy) is 1. The minimum atomic E-state index is 0.239. The molecular weight excluding hydrogens is 304 g/mol. The molecule has 0 radical (unpaired) electrons. The van der Waals surface area contributed by atoms with Gasteiger partial charge in [0.2, 0.25) is 11.9 Å². The van der Waals surface area contributed by atoms with E-state index in [0.29, 0.717) is 0 Å². The van der Waals surface area contributed by atoms with Gasteiger partial charge in [-0.3, -0.25) is 4.79 Å². The maximum atomic E-state index is 12.3. The molecule has 0 bridgehead atoms. The minimum Gasteiger partial charge on any atom is -0.378 e. The highest BCUT2D eigenvalue weighted by atomic mass is 16.5. The summed E-state index contributed by atoms with van der Waals surface area (Å²) < 4.78 is 5.39. The molecule has 0 aromatic carbocycles. The average Bonchev–Trinajstić information content (AvgIpc) is 3.17. The summed E-state index contributed by atoms with van der Waals surface area (Å²) in [5.41, 5.74) is 2.34. The number of anilines is 1. The normalized spacial score (nSPS) is 24.7. The van der Waals surface area contributed by atoms with Gasteiger partial charge in [0.1, 0.15) is 0 Å². The molecule has 6 heteroatoms. The lowest BCUT2D eigenvalue weighted by Crippen LogP contribution is -2.42. The summed E-state index contributed by atoms with van der Waals surface area (Å²) in [6.45, 7) is 3.21. The molecule has 130 valence electrons. The fourth-order valence-corrected chi connectivity index (χ4v) is 4.04. The van der Waals surface area contributed by atoms with Gasteiger partial charge in [-0.05, 0) is 37.7 Å². The predicted octanol–water partition coefficient (Wildman–Crippen LogP) is 1.48. The standard InChI is InChI=1S/C18H26N4O2/c23-17(13-3-1-2-4-13)20-15-5-6-16-14(11-15)12-19-18(21-16)22-7-9-24-10-8-22/h12-13,15H,1-11H2,(H,20,23)/t15-/m0/s1. The monoisotopic (exact) mass is 330 g/mol. The summed E-state index contributed by atoms with van der Waals surface area (Å²) in [4.78, 5) is 23.8. The number of hydrogen-bond donors (Lipinski definition) is 1. The van der Waals surface area contributed by atoms with Crippen LogP contribution in [0, 0.1) is 5.92 Å². The Morgan fingerprint density at radius 1 is 1.21 bits per heavy atom. The molecule has 1 saturated carbocycles. The van der Waals surface area contributed by atoms with E-state index in [2.05, 4.69) is 15.2 Å². The van der Waals surface area contributed by atoms with E-state index in [-0.39, 0.29) is 17.9 Å². The van der Waals surface area contributed by atoms with Gasteiger partial charge < -0.3 is 15.0 Å². The predicted molar refractivity (Wildman–Crippen MR) is 91.0 cm³/mol. The molecule has 1 aromatic heterocycles. The molecule has 2 heterocycles. The van der Waals surface area contributed by atoms with Crippen LogP contribution in [0.25, 0.3) is 0 Å². The second kappa shape index (κ2) is 7.05. The molecule has 1 amide bonds. The molecule has 1 N–H and O–H groups in total. The summed E-state index contributed by atoms with van der Waals surface area (Å²) in [5, 5.41) is 3.26. The maximum absolute atomic E-state index is 12.3. The van der Waals surface area contributed by atoms with Crippen LogP contribution in [0.15, 0.2) is 6.20 Å². The lowest BCUT2D eigenvalue weighted by molar-refractivity contribution is -0.125. The van der Waals surface area contributed by atoms with Crippen molar-refractivity contribution in [3.63, 3.8) is 0 Å². The van der Waals surface area contributed by atoms with Gasteiger partial charge in [-0.1, -0.05) is 12.8 Å². The molecule has 1 aliphatic heterocycles. The smallest absolute Gasteiger partial charge is 0.225 e. The number of carbonyl (C=O) groups excluding carboxylic acids is 1. The molecule has 0 spiro atoms. The van der Waals surface area contributed by atoms with Gasteiger partial charge in [-0.15, -0.1) is 0 Å². The van der Waals surface area contributed by atoms with Crippen LogP contribution in [0.1, 0.15) is 43.4 Å². The number of amides is 1. The van der Waals surface area contributed by atoms with Crippen molar-refractivity contribution >= 4 is 11.9 Å². The van der Waals surface area contributed by atoms with Crippen LogP contribution >= 0.6 is 0 Å². The lowest BCUT2D eigenvalue weighted by atomic mass is 9.92. The number of carbonyl (C=O) groups is 1. The third kappa shape index (κ3) is 3.38. The van der Waals surface area contributed by atoms with Gasteiger partial charge in [0.15, 0.2) is 0 Å². The van der Waals surface area contributed by atoms with E-state index >= 15 is 0 Å². The van der Waals surface area contributed by atoms with E-state index < -0.39 is 0 Å². The number of fused-ring (bicyclic) bond motifs is 1. The van der Waals surface area contributed by atoms with Crippen molar-refractivity contribution < 1.29 is 9.53 Å². The van der Waals surface area contributed by atoms with Crippen molar-refractivity contribution in [3.8, 4) is 0 Å². The molecular formula is C18H26N4O2. The largest absolute Gasteiger partial charge is 0.378 e. The van der Waals surface area contributed by atoms with Crippen molar-refractivity contribution in [2.75, 3.05) is 31.2 Å². The molecule has 2 aliphatic carbocycles. The summed E-state index contributed by atoms with van der Waals surface area (Å²) >= 11 is 0. The van der Waals surface area contributed by atoms with Gasteiger partial charge in [-0.25, -0.2) is 9.97 Å². The van der Waals surface area contributed by atoms with Crippen molar-refractivity contribution in [3.05, 3.63) is 17.5 Å². The van der Waals surface area contributed by atoms with Gasteiger partial charge in [0.05, 0.1) is 13.2 Å². The van der Waals surface area contributed by atoms with Gasteiger partial charge in [0.25, 0.3) is 0 Å². The number of nitrogens with zero attached hydrogens (tertiary/aromatic N) is 3. The number of rotatable bonds is 3. The fraction of sp³-hybridized carbons (Fsp3) is 0.722. The Kier molecular flexibility index (Phi) is 4.65. The Morgan fingerprint density at radius 2 is 2.00 bits per heavy atom. The number of hydrogen-bond acceptors (Lipinski definition) is 5. The van der Waals surface area contributed by atoms with Crippen LogP contribution in [-0.2, 0) is 22.4 Å². The molecule has 2 fully saturated rings. The van der Waals surface area contributed by atoms with Gasteiger partial charge in [0, 0.05) is 36.9 Å². The molecule has 0 unspecified atom stereocenters. The highest BCUT2D eigenvalue weighted by molar-refractivity contribution is 5.79. The quantitative estimate of drug-likeness (QED) is 0.909. The highest BCUT2D eigenvalue weighted by Gasteiger charge is 2.27. The van der Waals surface area contributed by atoms with Crippen LogP contribution in [0.5, 0.6) is 0 Å². The topological polar surface area (TPSA) is 67.4 Å². The Bertz CT molecular complexity index is 595. The number of aromatic nitrogens is 2. The Labute approximate surface area is 143 Å². The van der Waals surface area contributed by atoms with Crippen molar-refractivity contribution in [2.24, 2.45) is 5.92 Å². The van der Waals surface area contributed by atoms with Crippen molar-refractivity contribution in [1.29, 1.82) is 0 Å². The number of aryl methyl sites for hydroxylation is 1. The summed E-state index contributed by atoms with van der Waals surface area (Å²) in [6, 6.07) is 0.239. The second-order valence-corrected chi connectivity index (χ2v) is 7.17.